The number of rotatable bonds is 3. The molecule has 7 heteroatoms. The SMILES string of the molecule is CC(C(=O)N1CCCC(N2CCNCC2=O)C1)c1cc2ccccc2o1.Cl. The molecule has 2 unspecified atom stereocenters. The first-order valence-corrected chi connectivity index (χ1v) is 9.41. The summed E-state index contributed by atoms with van der Waals surface area (Å²) in [5, 5.41) is 4.12. The number of amides is 2. The van der Waals surface area contributed by atoms with E-state index in [1.165, 1.54) is 0 Å². The second-order valence-corrected chi connectivity index (χ2v) is 7.25. The minimum absolute atomic E-state index is 0. The summed E-state index contributed by atoms with van der Waals surface area (Å²) in [5.74, 6) is 0.605. The van der Waals surface area contributed by atoms with Crippen LogP contribution in [0.1, 0.15) is 31.4 Å². The average molecular weight is 392 g/mol. The number of nitrogens with one attached hydrogen (secondary N) is 1. The largest absolute Gasteiger partial charge is 0.460 e. The van der Waals surface area contributed by atoms with E-state index in [0.717, 1.165) is 43.4 Å². The van der Waals surface area contributed by atoms with E-state index in [2.05, 4.69) is 5.32 Å². The van der Waals surface area contributed by atoms with Gasteiger partial charge in [0.1, 0.15) is 11.3 Å². The number of hydrogen-bond acceptors (Lipinski definition) is 4. The van der Waals surface area contributed by atoms with Crippen molar-refractivity contribution in [3.63, 3.8) is 0 Å². The Kier molecular flexibility index (Phi) is 6.07. The van der Waals surface area contributed by atoms with E-state index in [0.29, 0.717) is 18.8 Å². The minimum atomic E-state index is -0.320. The Hall–Kier alpha value is -2.05. The second-order valence-electron chi connectivity index (χ2n) is 7.25. The summed E-state index contributed by atoms with van der Waals surface area (Å²) in [6.07, 6.45) is 1.90. The molecule has 2 aromatic rings. The van der Waals surface area contributed by atoms with Gasteiger partial charge in [0.05, 0.1) is 12.5 Å². The lowest BCUT2D eigenvalue weighted by molar-refractivity contribution is -0.141. The Balaban J connectivity index is 0.00000210. The van der Waals surface area contributed by atoms with Crippen LogP contribution in [0.5, 0.6) is 0 Å². The fraction of sp³-hybridized carbons (Fsp3) is 0.500. The van der Waals surface area contributed by atoms with Gasteiger partial charge in [0, 0.05) is 37.6 Å². The molecule has 2 aliphatic heterocycles. The molecule has 1 aromatic carbocycles. The topological polar surface area (TPSA) is 65.8 Å². The average Bonchev–Trinajstić information content (AvgIpc) is 3.11. The molecule has 0 aliphatic carbocycles. The van der Waals surface area contributed by atoms with E-state index in [1.54, 1.807) is 0 Å². The maximum absolute atomic E-state index is 13.0. The predicted octanol–water partition coefficient (Wildman–Crippen LogP) is 2.38. The molecule has 0 bridgehead atoms. The van der Waals surface area contributed by atoms with Crippen LogP contribution in [0.4, 0.5) is 0 Å². The van der Waals surface area contributed by atoms with E-state index in [4.69, 9.17) is 4.42 Å². The van der Waals surface area contributed by atoms with Crippen LogP contribution in [0.3, 0.4) is 0 Å². The van der Waals surface area contributed by atoms with Crippen molar-refractivity contribution < 1.29 is 14.0 Å². The van der Waals surface area contributed by atoms with E-state index >= 15 is 0 Å². The molecule has 1 N–H and O–H groups in total. The Morgan fingerprint density at radius 1 is 1.30 bits per heavy atom. The maximum Gasteiger partial charge on any atom is 0.236 e. The first kappa shape index (κ1) is 19.7. The molecule has 0 saturated carbocycles. The van der Waals surface area contributed by atoms with Crippen molar-refractivity contribution in [1.82, 2.24) is 15.1 Å². The van der Waals surface area contributed by atoms with Gasteiger partial charge in [-0.15, -0.1) is 12.4 Å². The van der Waals surface area contributed by atoms with Crippen molar-refractivity contribution in [2.75, 3.05) is 32.7 Å². The lowest BCUT2D eigenvalue weighted by atomic mass is 10.00. The number of piperazine rings is 1. The minimum Gasteiger partial charge on any atom is -0.460 e. The van der Waals surface area contributed by atoms with Crippen molar-refractivity contribution in [2.45, 2.75) is 31.7 Å². The van der Waals surface area contributed by atoms with Crippen LogP contribution in [0.25, 0.3) is 11.0 Å². The molecular weight excluding hydrogens is 366 g/mol. The van der Waals surface area contributed by atoms with Gasteiger partial charge in [0.15, 0.2) is 0 Å². The lowest BCUT2D eigenvalue weighted by Gasteiger charge is -2.41. The molecule has 1 aromatic heterocycles. The molecule has 2 amide bonds. The normalized spacial score (nSPS) is 21.8. The number of likely N-dealkylation sites (tertiary alicyclic amines) is 1. The molecule has 2 aliphatic rings. The summed E-state index contributed by atoms with van der Waals surface area (Å²) in [7, 11) is 0. The summed E-state index contributed by atoms with van der Waals surface area (Å²) >= 11 is 0. The molecular formula is C20H26ClN3O3. The van der Waals surface area contributed by atoms with Gasteiger partial charge < -0.3 is 19.5 Å². The Morgan fingerprint density at radius 3 is 2.89 bits per heavy atom. The number of nitrogens with zero attached hydrogens (tertiary/aromatic N) is 2. The number of piperidine rings is 1. The van der Waals surface area contributed by atoms with Crippen LogP contribution in [-0.4, -0.2) is 60.4 Å². The zero-order chi connectivity index (χ0) is 18.1. The van der Waals surface area contributed by atoms with E-state index in [1.807, 2.05) is 47.1 Å². The first-order chi connectivity index (χ1) is 12.6. The van der Waals surface area contributed by atoms with Gasteiger partial charge in [0.2, 0.25) is 11.8 Å². The molecule has 2 fully saturated rings. The number of fused-ring (bicyclic) bond motifs is 1. The van der Waals surface area contributed by atoms with Crippen LogP contribution in [0.15, 0.2) is 34.7 Å². The molecule has 2 saturated heterocycles. The predicted molar refractivity (Wildman–Crippen MR) is 106 cm³/mol. The molecule has 27 heavy (non-hydrogen) atoms. The fourth-order valence-corrected chi connectivity index (χ4v) is 4.03. The fourth-order valence-electron chi connectivity index (χ4n) is 4.03. The number of carbonyl (C=O) groups is 2. The third kappa shape index (κ3) is 3.96. The van der Waals surface area contributed by atoms with Gasteiger partial charge in [0.25, 0.3) is 0 Å². The van der Waals surface area contributed by atoms with Crippen molar-refractivity contribution >= 4 is 35.2 Å². The van der Waals surface area contributed by atoms with Gasteiger partial charge in [-0.1, -0.05) is 18.2 Å². The van der Waals surface area contributed by atoms with Gasteiger partial charge in [-0.05, 0) is 31.9 Å². The summed E-state index contributed by atoms with van der Waals surface area (Å²) in [6, 6.07) is 9.90. The van der Waals surface area contributed by atoms with Crippen molar-refractivity contribution in [1.29, 1.82) is 0 Å². The highest BCUT2D eigenvalue weighted by molar-refractivity contribution is 5.86. The molecule has 6 nitrogen and oxygen atoms in total. The van der Waals surface area contributed by atoms with Gasteiger partial charge >= 0.3 is 0 Å². The molecule has 0 radical (unpaired) electrons. The number of furan rings is 1. The number of halogens is 1. The Labute approximate surface area is 165 Å². The highest BCUT2D eigenvalue weighted by Crippen LogP contribution is 2.28. The van der Waals surface area contributed by atoms with E-state index < -0.39 is 0 Å². The summed E-state index contributed by atoms with van der Waals surface area (Å²) in [4.78, 5) is 29.1. The Morgan fingerprint density at radius 2 is 2.11 bits per heavy atom. The highest BCUT2D eigenvalue weighted by Gasteiger charge is 2.33. The quantitative estimate of drug-likeness (QED) is 0.872. The zero-order valence-electron chi connectivity index (χ0n) is 15.5. The molecule has 3 heterocycles. The van der Waals surface area contributed by atoms with E-state index in [-0.39, 0.29) is 36.2 Å². The number of para-hydroxylation sites is 1. The van der Waals surface area contributed by atoms with Crippen molar-refractivity contribution in [3.05, 3.63) is 36.1 Å². The smallest absolute Gasteiger partial charge is 0.236 e. The van der Waals surface area contributed by atoms with E-state index in [9.17, 15) is 9.59 Å². The molecule has 0 spiro atoms. The van der Waals surface area contributed by atoms with Crippen LogP contribution >= 0.6 is 12.4 Å². The maximum atomic E-state index is 13.0. The zero-order valence-corrected chi connectivity index (χ0v) is 16.3. The van der Waals surface area contributed by atoms with Crippen LogP contribution < -0.4 is 5.32 Å². The summed E-state index contributed by atoms with van der Waals surface area (Å²) < 4.78 is 5.88. The number of carbonyl (C=O) groups excluding carboxylic acids is 2. The Bertz CT molecular complexity index is 789. The standard InChI is InChI=1S/C20H25N3O3.ClH/c1-14(18-11-15-5-2-3-7-17(15)26-18)20(25)22-9-4-6-16(13-22)23-10-8-21-12-19(23)24;/h2-3,5,7,11,14,16,21H,4,6,8-10,12-13H2,1H3;1H. The monoisotopic (exact) mass is 391 g/mol. The lowest BCUT2D eigenvalue weighted by Crippen LogP contribution is -2.57. The highest BCUT2D eigenvalue weighted by atomic mass is 35.5. The van der Waals surface area contributed by atoms with Crippen molar-refractivity contribution in [2.24, 2.45) is 0 Å². The van der Waals surface area contributed by atoms with Gasteiger partial charge in [-0.25, -0.2) is 0 Å². The molecule has 4 rings (SSSR count). The number of hydrogen-bond donors (Lipinski definition) is 1. The van der Waals surface area contributed by atoms with Crippen LogP contribution in [0, 0.1) is 0 Å². The second kappa shape index (κ2) is 8.31. The first-order valence-electron chi connectivity index (χ1n) is 9.41. The van der Waals surface area contributed by atoms with Gasteiger partial charge in [-0.3, -0.25) is 9.59 Å². The van der Waals surface area contributed by atoms with Crippen LogP contribution in [-0.2, 0) is 9.59 Å². The van der Waals surface area contributed by atoms with Gasteiger partial charge in [-0.2, -0.15) is 0 Å². The molecule has 146 valence electrons. The van der Waals surface area contributed by atoms with Crippen LogP contribution in [0.2, 0.25) is 0 Å². The number of benzene rings is 1. The third-order valence-electron chi connectivity index (χ3n) is 5.52. The van der Waals surface area contributed by atoms with Crippen molar-refractivity contribution in [3.8, 4) is 0 Å². The molecule has 2 atom stereocenters. The summed E-state index contributed by atoms with van der Waals surface area (Å²) in [5.41, 5.74) is 0.810. The third-order valence-corrected chi connectivity index (χ3v) is 5.52. The summed E-state index contributed by atoms with van der Waals surface area (Å²) in [6.45, 7) is 5.23.